The third-order valence-electron chi connectivity index (χ3n) is 5.91. The van der Waals surface area contributed by atoms with E-state index in [0.717, 1.165) is 53.9 Å². The summed E-state index contributed by atoms with van der Waals surface area (Å²) in [7, 11) is 1.62. The predicted molar refractivity (Wildman–Crippen MR) is 144 cm³/mol. The summed E-state index contributed by atoms with van der Waals surface area (Å²) in [6.07, 6.45) is 3.65. The Kier molecular flexibility index (Phi) is 9.92. The zero-order chi connectivity index (χ0) is 25.9. The van der Waals surface area contributed by atoms with E-state index in [1.54, 1.807) is 16.7 Å². The molecule has 2 aromatic carbocycles. The molecule has 192 valence electrons. The van der Waals surface area contributed by atoms with Crippen molar-refractivity contribution in [2.45, 2.75) is 46.5 Å². The first-order chi connectivity index (χ1) is 17.5. The molecular formula is C28H37N5O3. The Morgan fingerprint density at radius 2 is 1.69 bits per heavy atom. The number of amides is 3. The first-order valence-corrected chi connectivity index (χ1v) is 12.6. The quantitative estimate of drug-likeness (QED) is 0.332. The molecule has 3 rings (SSSR count). The largest absolute Gasteiger partial charge is 0.497 e. The van der Waals surface area contributed by atoms with E-state index in [4.69, 9.17) is 9.84 Å². The van der Waals surface area contributed by atoms with Crippen LogP contribution in [-0.4, -0.2) is 53.4 Å². The SMILES string of the molecule is CCCCNC(=O)N(CCCC)CC(=O)Nc1c(-c2ccccc2)c(C)nn1-c1ccc(OC)cc1. The molecule has 0 aliphatic heterocycles. The van der Waals surface area contributed by atoms with Gasteiger partial charge < -0.3 is 20.3 Å². The van der Waals surface area contributed by atoms with Gasteiger partial charge in [0.25, 0.3) is 0 Å². The maximum Gasteiger partial charge on any atom is 0.317 e. The second kappa shape index (κ2) is 13.3. The van der Waals surface area contributed by atoms with Gasteiger partial charge in [-0.2, -0.15) is 5.10 Å². The minimum Gasteiger partial charge on any atom is -0.497 e. The first-order valence-electron chi connectivity index (χ1n) is 12.6. The number of unbranched alkanes of at least 4 members (excludes halogenated alkanes) is 2. The Bertz CT molecular complexity index is 1130. The Morgan fingerprint density at radius 1 is 1.00 bits per heavy atom. The molecule has 0 saturated carbocycles. The number of anilines is 1. The van der Waals surface area contributed by atoms with Gasteiger partial charge in [0, 0.05) is 18.7 Å². The molecule has 0 spiro atoms. The smallest absolute Gasteiger partial charge is 0.317 e. The number of ether oxygens (including phenoxy) is 1. The number of nitrogens with zero attached hydrogens (tertiary/aromatic N) is 3. The topological polar surface area (TPSA) is 88.5 Å². The van der Waals surface area contributed by atoms with Crippen LogP contribution in [0.5, 0.6) is 5.75 Å². The molecule has 1 heterocycles. The lowest BCUT2D eigenvalue weighted by atomic mass is 10.1. The maximum absolute atomic E-state index is 13.3. The number of aromatic nitrogens is 2. The molecule has 0 fully saturated rings. The van der Waals surface area contributed by atoms with Crippen LogP contribution in [-0.2, 0) is 4.79 Å². The third-order valence-corrected chi connectivity index (χ3v) is 5.91. The van der Waals surface area contributed by atoms with Crippen molar-refractivity contribution in [3.63, 3.8) is 0 Å². The van der Waals surface area contributed by atoms with Gasteiger partial charge in [0.15, 0.2) is 0 Å². The van der Waals surface area contributed by atoms with Crippen LogP contribution in [0.2, 0.25) is 0 Å². The molecule has 0 aliphatic rings. The molecule has 1 aromatic heterocycles. The summed E-state index contributed by atoms with van der Waals surface area (Å²) in [4.78, 5) is 27.6. The van der Waals surface area contributed by atoms with E-state index in [0.29, 0.717) is 18.9 Å². The van der Waals surface area contributed by atoms with Crippen molar-refractivity contribution in [2.24, 2.45) is 0 Å². The van der Waals surface area contributed by atoms with E-state index in [9.17, 15) is 9.59 Å². The number of nitrogens with one attached hydrogen (secondary N) is 2. The number of benzene rings is 2. The van der Waals surface area contributed by atoms with Crippen LogP contribution in [0, 0.1) is 6.92 Å². The lowest BCUT2D eigenvalue weighted by Crippen LogP contribution is -2.44. The summed E-state index contributed by atoms with van der Waals surface area (Å²) in [5.74, 6) is 1.02. The van der Waals surface area contributed by atoms with E-state index in [1.165, 1.54) is 0 Å². The van der Waals surface area contributed by atoms with Crippen LogP contribution in [0.3, 0.4) is 0 Å². The summed E-state index contributed by atoms with van der Waals surface area (Å²) in [6, 6.07) is 17.1. The molecule has 0 unspecified atom stereocenters. The first kappa shape index (κ1) is 26.8. The highest BCUT2D eigenvalue weighted by Gasteiger charge is 2.22. The predicted octanol–water partition coefficient (Wildman–Crippen LogP) is 5.41. The van der Waals surface area contributed by atoms with Gasteiger partial charge in [-0.1, -0.05) is 57.0 Å². The van der Waals surface area contributed by atoms with Crippen molar-refractivity contribution in [3.05, 3.63) is 60.3 Å². The molecule has 0 atom stereocenters. The highest BCUT2D eigenvalue weighted by Crippen LogP contribution is 2.33. The third kappa shape index (κ3) is 6.87. The van der Waals surface area contributed by atoms with E-state index in [2.05, 4.69) is 24.5 Å². The summed E-state index contributed by atoms with van der Waals surface area (Å²) in [5.41, 5.74) is 3.36. The number of hydrogen-bond acceptors (Lipinski definition) is 4. The monoisotopic (exact) mass is 491 g/mol. The second-order valence-electron chi connectivity index (χ2n) is 8.69. The van der Waals surface area contributed by atoms with Crippen LogP contribution >= 0.6 is 0 Å². The molecule has 8 nitrogen and oxygen atoms in total. The van der Waals surface area contributed by atoms with Gasteiger partial charge in [-0.3, -0.25) is 4.79 Å². The van der Waals surface area contributed by atoms with Crippen molar-refractivity contribution < 1.29 is 14.3 Å². The molecule has 8 heteroatoms. The molecule has 36 heavy (non-hydrogen) atoms. The molecule has 0 radical (unpaired) electrons. The Morgan fingerprint density at radius 3 is 2.33 bits per heavy atom. The fourth-order valence-electron chi connectivity index (χ4n) is 3.93. The fraction of sp³-hybridized carbons (Fsp3) is 0.393. The molecule has 0 bridgehead atoms. The molecule has 3 aromatic rings. The van der Waals surface area contributed by atoms with Crippen molar-refractivity contribution in [2.75, 3.05) is 32.1 Å². The summed E-state index contributed by atoms with van der Waals surface area (Å²) >= 11 is 0. The minimum absolute atomic E-state index is 0.0426. The molecule has 0 aliphatic carbocycles. The van der Waals surface area contributed by atoms with Gasteiger partial charge in [0.1, 0.15) is 18.1 Å². The minimum atomic E-state index is -0.274. The zero-order valence-electron chi connectivity index (χ0n) is 21.7. The number of methoxy groups -OCH3 is 1. The van der Waals surface area contributed by atoms with E-state index in [1.807, 2.05) is 61.5 Å². The number of rotatable bonds is 12. The van der Waals surface area contributed by atoms with Gasteiger partial charge in [0.05, 0.1) is 18.5 Å². The maximum atomic E-state index is 13.3. The zero-order valence-corrected chi connectivity index (χ0v) is 21.7. The highest BCUT2D eigenvalue weighted by atomic mass is 16.5. The van der Waals surface area contributed by atoms with Crippen LogP contribution in [0.15, 0.2) is 54.6 Å². The van der Waals surface area contributed by atoms with Gasteiger partial charge in [-0.25, -0.2) is 9.48 Å². The Balaban J connectivity index is 1.91. The van der Waals surface area contributed by atoms with Crippen molar-refractivity contribution in [1.29, 1.82) is 0 Å². The lowest BCUT2D eigenvalue weighted by Gasteiger charge is -2.23. The van der Waals surface area contributed by atoms with Gasteiger partial charge in [0.2, 0.25) is 5.91 Å². The van der Waals surface area contributed by atoms with Crippen LogP contribution in [0.25, 0.3) is 16.8 Å². The number of urea groups is 1. The summed E-state index contributed by atoms with van der Waals surface area (Å²) in [5, 5.41) is 10.7. The van der Waals surface area contributed by atoms with E-state index < -0.39 is 0 Å². The highest BCUT2D eigenvalue weighted by molar-refractivity contribution is 5.97. The van der Waals surface area contributed by atoms with Gasteiger partial charge >= 0.3 is 6.03 Å². The number of carbonyl (C=O) groups excluding carboxylic acids is 2. The second-order valence-corrected chi connectivity index (χ2v) is 8.69. The van der Waals surface area contributed by atoms with Crippen LogP contribution in [0.1, 0.15) is 45.2 Å². The molecular weight excluding hydrogens is 454 g/mol. The fourth-order valence-corrected chi connectivity index (χ4v) is 3.93. The van der Waals surface area contributed by atoms with Crippen molar-refractivity contribution in [3.8, 4) is 22.6 Å². The number of carbonyl (C=O) groups is 2. The van der Waals surface area contributed by atoms with Crippen LogP contribution in [0.4, 0.5) is 10.6 Å². The van der Waals surface area contributed by atoms with Crippen LogP contribution < -0.4 is 15.4 Å². The average Bonchev–Trinajstić information content (AvgIpc) is 3.22. The molecule has 0 saturated heterocycles. The van der Waals surface area contributed by atoms with Gasteiger partial charge in [-0.15, -0.1) is 0 Å². The Labute approximate surface area is 213 Å². The van der Waals surface area contributed by atoms with E-state index in [-0.39, 0.29) is 18.5 Å². The average molecular weight is 492 g/mol. The number of hydrogen-bond donors (Lipinski definition) is 2. The Hall–Kier alpha value is -3.81. The van der Waals surface area contributed by atoms with Gasteiger partial charge in [-0.05, 0) is 49.6 Å². The standard InChI is InChI=1S/C28H37N5O3/c1-5-7-18-29-28(35)32(19-8-6-2)20-25(34)30-27-26(22-12-10-9-11-13-22)21(3)31-33(27)23-14-16-24(36-4)17-15-23/h9-17H,5-8,18-20H2,1-4H3,(H,29,35)(H,30,34). The molecule has 2 N–H and O–H groups in total. The normalized spacial score (nSPS) is 10.7. The van der Waals surface area contributed by atoms with E-state index >= 15 is 0 Å². The molecule has 3 amide bonds. The summed E-state index contributed by atoms with van der Waals surface area (Å²) in [6.45, 7) is 7.14. The van der Waals surface area contributed by atoms with Crippen molar-refractivity contribution in [1.82, 2.24) is 20.0 Å². The summed E-state index contributed by atoms with van der Waals surface area (Å²) < 4.78 is 7.02. The van der Waals surface area contributed by atoms with Crippen molar-refractivity contribution >= 4 is 17.8 Å². The number of aryl methyl sites for hydroxylation is 1. The lowest BCUT2D eigenvalue weighted by molar-refractivity contribution is -0.116.